The summed E-state index contributed by atoms with van der Waals surface area (Å²) in [6.07, 6.45) is 3.12. The maximum absolute atomic E-state index is 12.5. The van der Waals surface area contributed by atoms with E-state index in [1.165, 1.54) is 11.3 Å². The van der Waals surface area contributed by atoms with Crippen molar-refractivity contribution in [3.8, 4) is 11.3 Å². The fourth-order valence-corrected chi connectivity index (χ4v) is 4.25. The van der Waals surface area contributed by atoms with Crippen molar-refractivity contribution in [3.05, 3.63) is 36.9 Å². The monoisotopic (exact) mass is 402 g/mol. The van der Waals surface area contributed by atoms with E-state index in [-0.39, 0.29) is 42.5 Å². The average Bonchev–Trinajstić information content (AvgIpc) is 3.21. The number of fused-ring (bicyclic) bond motifs is 1. The standard InChI is InChI=1S/C15H14N4O6S.Na.H/c20-14-13-11(19(14)26(22,23)24)4-5-18(13)15(21)17-10-3-1-2-9(6-10)12-7-16-8-25-12;;/h1-3,6-8,11,13H,4-5H2,(H,17,21)(H,22,23,24);;/t11-,13+;;/m1../s1. The minimum absolute atomic E-state index is 0. The zero-order valence-corrected chi connectivity index (χ0v) is 14.1. The molecular weight excluding hydrogens is 387 g/mol. The van der Waals surface area contributed by atoms with Crippen LogP contribution in [-0.2, 0) is 15.1 Å². The summed E-state index contributed by atoms with van der Waals surface area (Å²) in [5.74, 6) is -0.263. The van der Waals surface area contributed by atoms with Gasteiger partial charge in [-0.15, -0.1) is 0 Å². The Morgan fingerprint density at radius 1 is 1.37 bits per heavy atom. The van der Waals surface area contributed by atoms with Crippen molar-refractivity contribution >= 4 is 57.5 Å². The molecule has 27 heavy (non-hydrogen) atoms. The molecule has 0 spiro atoms. The van der Waals surface area contributed by atoms with E-state index < -0.39 is 34.3 Å². The van der Waals surface area contributed by atoms with Crippen molar-refractivity contribution in [1.29, 1.82) is 0 Å². The molecule has 3 heterocycles. The summed E-state index contributed by atoms with van der Waals surface area (Å²) in [5, 5.41) is 2.69. The molecule has 2 atom stereocenters. The van der Waals surface area contributed by atoms with Crippen LogP contribution in [0.4, 0.5) is 10.5 Å². The first-order chi connectivity index (χ1) is 12.4. The number of oxazole rings is 1. The number of hydrogen-bond donors (Lipinski definition) is 2. The molecule has 12 heteroatoms. The van der Waals surface area contributed by atoms with Crippen molar-refractivity contribution in [2.45, 2.75) is 18.5 Å². The number of hydrogen-bond acceptors (Lipinski definition) is 6. The minimum atomic E-state index is -4.60. The fourth-order valence-electron chi connectivity index (χ4n) is 3.35. The predicted octanol–water partition coefficient (Wildman–Crippen LogP) is 0.313. The van der Waals surface area contributed by atoms with Crippen LogP contribution in [0.2, 0.25) is 0 Å². The third-order valence-electron chi connectivity index (χ3n) is 4.48. The molecule has 0 aliphatic carbocycles. The molecule has 2 saturated heterocycles. The van der Waals surface area contributed by atoms with E-state index in [2.05, 4.69) is 10.3 Å². The van der Waals surface area contributed by atoms with Crippen molar-refractivity contribution in [3.63, 3.8) is 0 Å². The number of urea groups is 1. The van der Waals surface area contributed by atoms with Crippen LogP contribution >= 0.6 is 0 Å². The van der Waals surface area contributed by atoms with Gasteiger partial charge in [0, 0.05) is 17.8 Å². The van der Waals surface area contributed by atoms with E-state index in [1.54, 1.807) is 30.5 Å². The van der Waals surface area contributed by atoms with Crippen LogP contribution in [0.3, 0.4) is 0 Å². The quantitative estimate of drug-likeness (QED) is 0.429. The van der Waals surface area contributed by atoms with Crippen molar-refractivity contribution in [2.75, 3.05) is 11.9 Å². The Kier molecular flexibility index (Phi) is 5.32. The second kappa shape index (κ2) is 7.24. The zero-order valence-electron chi connectivity index (χ0n) is 13.3. The number of benzene rings is 1. The van der Waals surface area contributed by atoms with E-state index >= 15 is 0 Å². The van der Waals surface area contributed by atoms with Crippen LogP contribution in [0.5, 0.6) is 0 Å². The van der Waals surface area contributed by atoms with Gasteiger partial charge in [0.1, 0.15) is 6.04 Å². The first kappa shape index (κ1) is 19.8. The number of aromatic nitrogens is 1. The number of amides is 3. The molecule has 2 aliphatic heterocycles. The van der Waals surface area contributed by atoms with Crippen LogP contribution in [-0.4, -0.2) is 87.3 Å². The Hall–Kier alpha value is -1.92. The molecule has 3 amide bonds. The molecule has 138 valence electrons. The molecule has 0 radical (unpaired) electrons. The van der Waals surface area contributed by atoms with Crippen LogP contribution in [0.1, 0.15) is 6.42 Å². The van der Waals surface area contributed by atoms with Gasteiger partial charge in [-0.05, 0) is 18.6 Å². The van der Waals surface area contributed by atoms with Gasteiger partial charge in [0.2, 0.25) is 0 Å². The summed E-state index contributed by atoms with van der Waals surface area (Å²) in [4.78, 5) is 29.6. The van der Waals surface area contributed by atoms with Gasteiger partial charge in [0.25, 0.3) is 5.91 Å². The summed E-state index contributed by atoms with van der Waals surface area (Å²) in [5.41, 5.74) is 1.21. The molecule has 2 aromatic rings. The zero-order chi connectivity index (χ0) is 18.5. The van der Waals surface area contributed by atoms with E-state index in [1.807, 2.05) is 0 Å². The number of β-lactam (4-membered cyclic amide) rings is 1. The summed E-state index contributed by atoms with van der Waals surface area (Å²) < 4.78 is 37.1. The topological polar surface area (TPSA) is 133 Å². The number of anilines is 1. The number of carbonyl (C=O) groups excluding carboxylic acids is 2. The van der Waals surface area contributed by atoms with E-state index in [9.17, 15) is 18.0 Å². The summed E-state index contributed by atoms with van der Waals surface area (Å²) in [6.45, 7) is 0.209. The first-order valence-corrected chi connectivity index (χ1v) is 9.13. The molecule has 2 N–H and O–H groups in total. The van der Waals surface area contributed by atoms with Gasteiger partial charge in [-0.2, -0.15) is 8.42 Å². The molecule has 4 rings (SSSR count). The van der Waals surface area contributed by atoms with Crippen molar-refractivity contribution in [2.24, 2.45) is 0 Å². The first-order valence-electron chi connectivity index (χ1n) is 7.73. The van der Waals surface area contributed by atoms with Gasteiger partial charge in [-0.1, -0.05) is 12.1 Å². The average molecular weight is 402 g/mol. The third kappa shape index (κ3) is 3.48. The molecule has 0 bridgehead atoms. The van der Waals surface area contributed by atoms with Crippen LogP contribution in [0.25, 0.3) is 11.3 Å². The second-order valence-electron chi connectivity index (χ2n) is 5.98. The number of nitrogens with one attached hydrogen (secondary N) is 1. The third-order valence-corrected chi connectivity index (χ3v) is 5.43. The summed E-state index contributed by atoms with van der Waals surface area (Å²) in [6, 6.07) is 4.78. The van der Waals surface area contributed by atoms with Gasteiger partial charge in [0.05, 0.1) is 12.2 Å². The molecule has 0 unspecified atom stereocenters. The van der Waals surface area contributed by atoms with Crippen LogP contribution in [0, 0.1) is 0 Å². The Bertz CT molecular complexity index is 980. The number of nitrogens with zero attached hydrogens (tertiary/aromatic N) is 3. The number of rotatable bonds is 3. The number of carbonyl (C=O) groups is 2. The van der Waals surface area contributed by atoms with Gasteiger partial charge in [-0.25, -0.2) is 14.1 Å². The Morgan fingerprint density at radius 2 is 2.15 bits per heavy atom. The molecule has 2 fully saturated rings. The van der Waals surface area contributed by atoms with E-state index in [4.69, 9.17) is 8.97 Å². The van der Waals surface area contributed by atoms with Gasteiger partial charge in [0.15, 0.2) is 12.2 Å². The molecule has 0 saturated carbocycles. The molecule has 1 aromatic heterocycles. The van der Waals surface area contributed by atoms with E-state index in [0.29, 0.717) is 15.8 Å². The van der Waals surface area contributed by atoms with Crippen LogP contribution < -0.4 is 5.32 Å². The predicted molar refractivity (Wildman–Crippen MR) is 95.4 cm³/mol. The second-order valence-corrected chi connectivity index (χ2v) is 7.27. The normalized spacial score (nSPS) is 21.3. The van der Waals surface area contributed by atoms with Gasteiger partial charge < -0.3 is 14.6 Å². The summed E-state index contributed by atoms with van der Waals surface area (Å²) >= 11 is 0. The molecule has 1 aromatic carbocycles. The van der Waals surface area contributed by atoms with Crippen molar-refractivity contribution in [1.82, 2.24) is 14.2 Å². The Morgan fingerprint density at radius 3 is 2.81 bits per heavy atom. The van der Waals surface area contributed by atoms with Crippen LogP contribution in [0.15, 0.2) is 41.3 Å². The van der Waals surface area contributed by atoms with E-state index in [0.717, 1.165) is 5.56 Å². The van der Waals surface area contributed by atoms with Gasteiger partial charge in [-0.3, -0.25) is 9.35 Å². The Labute approximate surface area is 176 Å². The Balaban J connectivity index is 0.00000210. The maximum atomic E-state index is 12.5. The van der Waals surface area contributed by atoms with Gasteiger partial charge >= 0.3 is 45.9 Å². The molecule has 2 aliphatic rings. The molecule has 10 nitrogen and oxygen atoms in total. The fraction of sp³-hybridized carbons (Fsp3) is 0.267. The summed E-state index contributed by atoms with van der Waals surface area (Å²) in [7, 11) is -4.60. The SMILES string of the molecule is O=C(Nc1cccc(-c2cnco2)c1)N1CC[C@@H]2[C@H]1C(=O)N2S(=O)(=O)O.[NaH]. The number of likely N-dealkylation sites (tertiary alicyclic amines) is 1. The molecular formula is C15H15N4NaO6S. The van der Waals surface area contributed by atoms with Crippen molar-refractivity contribution < 1.29 is 27.0 Å².